The number of β-amino-alcohol motifs (C(OH)–C–C–N with tert-alkyl or cyclic N) is 2. The van der Waals surface area contributed by atoms with E-state index in [0.29, 0.717) is 51.1 Å². The molecule has 37 heavy (non-hydrogen) atoms. The van der Waals surface area contributed by atoms with Crippen LogP contribution in [0.5, 0.6) is 0 Å². The summed E-state index contributed by atoms with van der Waals surface area (Å²) in [6, 6.07) is 3.14. The number of alkyl halides is 1. The van der Waals surface area contributed by atoms with Crippen LogP contribution in [0.1, 0.15) is 31.2 Å². The molecule has 3 fully saturated rings. The predicted octanol–water partition coefficient (Wildman–Crippen LogP) is 3.06. The molecule has 3 N–H and O–H groups in total. The monoisotopic (exact) mass is 533 g/mol. The van der Waals surface area contributed by atoms with Crippen LogP contribution in [0, 0.1) is 23.0 Å². The summed E-state index contributed by atoms with van der Waals surface area (Å²) in [5.41, 5.74) is 2.25. The number of benzene rings is 1. The second-order valence-electron chi connectivity index (χ2n) is 10.8. The van der Waals surface area contributed by atoms with E-state index < -0.39 is 23.8 Å². The molecular weight excluding hydrogens is 500 g/mol. The van der Waals surface area contributed by atoms with E-state index >= 15 is 0 Å². The average molecular weight is 534 g/mol. The summed E-state index contributed by atoms with van der Waals surface area (Å²) < 4.78 is 26.7. The van der Waals surface area contributed by atoms with Gasteiger partial charge < -0.3 is 20.4 Å². The minimum atomic E-state index is -0.685. The molecule has 200 valence electrons. The lowest BCUT2D eigenvalue weighted by Gasteiger charge is -2.45. The van der Waals surface area contributed by atoms with Crippen molar-refractivity contribution in [1.82, 2.24) is 15.1 Å². The van der Waals surface area contributed by atoms with Gasteiger partial charge in [-0.15, -0.1) is 11.6 Å². The van der Waals surface area contributed by atoms with Crippen LogP contribution >= 0.6 is 11.6 Å². The van der Waals surface area contributed by atoms with Gasteiger partial charge >= 0.3 is 0 Å². The number of amides is 1. The quantitative estimate of drug-likeness (QED) is 0.401. The summed E-state index contributed by atoms with van der Waals surface area (Å²) in [5, 5.41) is 25.5. The van der Waals surface area contributed by atoms with Crippen molar-refractivity contribution < 1.29 is 23.8 Å². The highest BCUT2D eigenvalue weighted by Crippen LogP contribution is 2.47. The maximum atomic E-state index is 13.3. The lowest BCUT2D eigenvalue weighted by Crippen LogP contribution is -2.54. The number of piperidine rings is 2. The van der Waals surface area contributed by atoms with E-state index in [-0.39, 0.29) is 22.6 Å². The molecule has 1 aromatic rings. The van der Waals surface area contributed by atoms with Gasteiger partial charge in [-0.1, -0.05) is 6.08 Å². The molecule has 6 nitrogen and oxygen atoms in total. The van der Waals surface area contributed by atoms with Crippen molar-refractivity contribution in [2.45, 2.75) is 43.3 Å². The van der Waals surface area contributed by atoms with Crippen molar-refractivity contribution in [3.05, 3.63) is 64.9 Å². The fourth-order valence-corrected chi connectivity index (χ4v) is 6.45. The van der Waals surface area contributed by atoms with Crippen molar-refractivity contribution in [2.24, 2.45) is 11.3 Å². The number of aliphatic hydroxyl groups excluding tert-OH is 2. The number of nitrogens with zero attached hydrogens (tertiary/aromatic N) is 2. The second-order valence-corrected chi connectivity index (χ2v) is 11.3. The number of aliphatic hydroxyl groups is 2. The van der Waals surface area contributed by atoms with Crippen molar-refractivity contribution >= 4 is 23.6 Å². The molecule has 3 heterocycles. The molecule has 3 aliphatic heterocycles. The van der Waals surface area contributed by atoms with Gasteiger partial charge in [-0.05, 0) is 73.6 Å². The number of carbonyl (C=O) groups is 1. The molecule has 3 saturated heterocycles. The van der Waals surface area contributed by atoms with E-state index in [1.807, 2.05) is 6.08 Å². The molecular formula is C28H34ClF2N3O3. The van der Waals surface area contributed by atoms with E-state index in [1.54, 1.807) is 4.90 Å². The number of likely N-dealkylation sites (tertiary alicyclic amines) is 2. The summed E-state index contributed by atoms with van der Waals surface area (Å²) >= 11 is 6.27. The molecule has 4 unspecified atom stereocenters. The number of hydrogen-bond donors (Lipinski definition) is 3. The second kappa shape index (κ2) is 10.8. The lowest BCUT2D eigenvalue weighted by atomic mass is 9.70. The Hall–Kier alpha value is -2.26. The summed E-state index contributed by atoms with van der Waals surface area (Å²) in [6.07, 6.45) is 8.86. The number of hydrogen-bond acceptors (Lipinski definition) is 5. The third-order valence-corrected chi connectivity index (χ3v) is 8.71. The third kappa shape index (κ3) is 5.62. The Bertz CT molecular complexity index is 1100. The maximum Gasteiger partial charge on any atom is 0.246 e. The normalized spacial score (nSPS) is 29.7. The van der Waals surface area contributed by atoms with Crippen LogP contribution in [0.25, 0.3) is 6.08 Å². The molecule has 4 aliphatic rings. The first-order valence-electron chi connectivity index (χ1n) is 13.1. The standard InChI is InChI=1S/C28H34ClF2N3O3/c29-20-2-3-23-24(13-20)32-17-28(23)7-10-33(16-26(28)36)15-25(35)19-5-8-34(9-6-19)27(37)4-1-18-11-21(30)14-22(31)12-18/h1,3-4,11-14,19-20,25-26,32,35-36H,2,5-10,15-17H2/b4-1+. The molecule has 1 aromatic carbocycles. The molecule has 5 rings (SSSR count). The number of fused-ring (bicyclic) bond motifs is 2. The summed E-state index contributed by atoms with van der Waals surface area (Å²) in [7, 11) is 0. The minimum absolute atomic E-state index is 0.00970. The molecule has 1 spiro atoms. The summed E-state index contributed by atoms with van der Waals surface area (Å²) in [6.45, 7) is 3.55. The molecule has 0 bridgehead atoms. The van der Waals surface area contributed by atoms with Crippen LogP contribution < -0.4 is 5.32 Å². The zero-order valence-electron chi connectivity index (χ0n) is 20.8. The van der Waals surface area contributed by atoms with Gasteiger partial charge in [0, 0.05) is 56.0 Å². The first kappa shape index (κ1) is 26.4. The zero-order chi connectivity index (χ0) is 26.2. The Labute approximate surface area is 221 Å². The largest absolute Gasteiger partial charge is 0.392 e. The minimum Gasteiger partial charge on any atom is -0.392 e. The molecule has 0 radical (unpaired) electrons. The van der Waals surface area contributed by atoms with Crippen LogP contribution in [-0.4, -0.2) is 82.8 Å². The highest BCUT2D eigenvalue weighted by molar-refractivity contribution is 6.22. The van der Waals surface area contributed by atoms with Crippen molar-refractivity contribution in [3.63, 3.8) is 0 Å². The van der Waals surface area contributed by atoms with Gasteiger partial charge in [0.2, 0.25) is 5.91 Å². The van der Waals surface area contributed by atoms with E-state index in [2.05, 4.69) is 16.3 Å². The van der Waals surface area contributed by atoms with Crippen molar-refractivity contribution in [2.75, 3.05) is 39.3 Å². The van der Waals surface area contributed by atoms with Crippen LogP contribution in [0.2, 0.25) is 0 Å². The van der Waals surface area contributed by atoms with Gasteiger partial charge in [0.1, 0.15) is 11.6 Å². The summed E-state index contributed by atoms with van der Waals surface area (Å²) in [5.74, 6) is -1.51. The van der Waals surface area contributed by atoms with Gasteiger partial charge in [0.25, 0.3) is 0 Å². The van der Waals surface area contributed by atoms with Gasteiger partial charge in [0.05, 0.1) is 17.6 Å². The van der Waals surface area contributed by atoms with E-state index in [9.17, 15) is 23.8 Å². The third-order valence-electron chi connectivity index (χ3n) is 8.40. The van der Waals surface area contributed by atoms with Gasteiger partial charge in [-0.2, -0.15) is 0 Å². The first-order chi connectivity index (χ1) is 17.7. The average Bonchev–Trinajstić information content (AvgIpc) is 3.23. The Morgan fingerprint density at radius 2 is 1.95 bits per heavy atom. The Morgan fingerprint density at radius 1 is 1.22 bits per heavy atom. The van der Waals surface area contributed by atoms with E-state index in [1.165, 1.54) is 29.9 Å². The number of rotatable bonds is 5. The molecule has 0 aromatic heterocycles. The van der Waals surface area contributed by atoms with Gasteiger partial charge in [-0.3, -0.25) is 9.69 Å². The number of allylic oxidation sites excluding steroid dienone is 3. The highest BCUT2D eigenvalue weighted by atomic mass is 35.5. The number of halogens is 3. The molecule has 0 saturated carbocycles. The number of nitrogens with one attached hydrogen (secondary N) is 1. The molecule has 1 aliphatic carbocycles. The lowest BCUT2D eigenvalue weighted by molar-refractivity contribution is -0.128. The smallest absolute Gasteiger partial charge is 0.246 e. The fourth-order valence-electron chi connectivity index (χ4n) is 6.24. The molecule has 9 heteroatoms. The Balaban J connectivity index is 1.10. The van der Waals surface area contributed by atoms with Crippen LogP contribution in [-0.2, 0) is 4.79 Å². The van der Waals surface area contributed by atoms with Gasteiger partial charge in [0.15, 0.2) is 0 Å². The Morgan fingerprint density at radius 3 is 2.65 bits per heavy atom. The summed E-state index contributed by atoms with van der Waals surface area (Å²) in [4.78, 5) is 16.4. The first-order valence-corrected chi connectivity index (χ1v) is 13.5. The van der Waals surface area contributed by atoms with Crippen LogP contribution in [0.4, 0.5) is 8.78 Å². The van der Waals surface area contributed by atoms with Crippen molar-refractivity contribution in [3.8, 4) is 0 Å². The SMILES string of the molecule is O=C(/C=C/c1cc(F)cc(F)c1)N1CCC(C(O)CN2CCC3(CNC4=CC(Cl)CC=C43)C(O)C2)CC1. The maximum absolute atomic E-state index is 13.3. The predicted molar refractivity (Wildman–Crippen MR) is 139 cm³/mol. The molecule has 4 atom stereocenters. The highest BCUT2D eigenvalue weighted by Gasteiger charge is 2.50. The van der Waals surface area contributed by atoms with Crippen molar-refractivity contribution in [1.29, 1.82) is 0 Å². The van der Waals surface area contributed by atoms with Crippen LogP contribution in [0.15, 0.2) is 47.7 Å². The molecule has 1 amide bonds. The van der Waals surface area contributed by atoms with Crippen LogP contribution in [0.3, 0.4) is 0 Å². The topological polar surface area (TPSA) is 76.0 Å². The number of carbonyl (C=O) groups excluding carboxylic acids is 1. The van der Waals surface area contributed by atoms with Gasteiger partial charge in [-0.25, -0.2) is 8.78 Å². The Kier molecular flexibility index (Phi) is 7.73. The fraction of sp³-hybridized carbons (Fsp3) is 0.536. The zero-order valence-corrected chi connectivity index (χ0v) is 21.5. The van der Waals surface area contributed by atoms with E-state index in [4.69, 9.17) is 11.6 Å². The van der Waals surface area contributed by atoms with E-state index in [0.717, 1.165) is 31.1 Å².